The molecule has 4 aromatic rings. The molecule has 2 saturated heterocycles. The lowest BCUT2D eigenvalue weighted by molar-refractivity contribution is -0.141. The summed E-state index contributed by atoms with van der Waals surface area (Å²) in [6, 6.07) is 29.8. The molecule has 0 aliphatic carbocycles. The summed E-state index contributed by atoms with van der Waals surface area (Å²) in [4.78, 5) is 56.4. The molecule has 3 aromatic carbocycles. The molecule has 3 heterocycles. The SMILES string of the molecule is CNC(=O)[C@@H]1CCCN1C(=O)C(Cc1cn(C(c2ccccc2)(c2ccccc2)c2ccccc2)cn1)CP(=O)(O)C1CCC(=O)N1. The normalized spacial score (nSPS) is 20.0. The Hall–Kier alpha value is -4.53. The molecule has 6 rings (SSSR count). The van der Waals surface area contributed by atoms with Gasteiger partial charge in [-0.1, -0.05) is 91.0 Å². The van der Waals surface area contributed by atoms with Gasteiger partial charge in [-0.2, -0.15) is 0 Å². The van der Waals surface area contributed by atoms with Crippen molar-refractivity contribution in [2.75, 3.05) is 19.8 Å². The third-order valence-electron chi connectivity index (χ3n) is 9.43. The Morgan fingerprint density at radius 2 is 1.55 bits per heavy atom. The van der Waals surface area contributed by atoms with E-state index in [1.54, 1.807) is 6.33 Å². The van der Waals surface area contributed by atoms with Crippen molar-refractivity contribution in [2.45, 2.75) is 49.5 Å². The lowest BCUT2D eigenvalue weighted by Crippen LogP contribution is -2.48. The molecular formula is C36H40N5O5P. The number of benzene rings is 3. The van der Waals surface area contributed by atoms with Gasteiger partial charge in [0, 0.05) is 38.8 Å². The number of aromatic nitrogens is 2. The van der Waals surface area contributed by atoms with Gasteiger partial charge in [-0.15, -0.1) is 0 Å². The molecule has 0 radical (unpaired) electrons. The monoisotopic (exact) mass is 653 g/mol. The van der Waals surface area contributed by atoms with Crippen molar-refractivity contribution in [1.29, 1.82) is 0 Å². The van der Waals surface area contributed by atoms with E-state index in [2.05, 4.69) is 47.0 Å². The lowest BCUT2D eigenvalue weighted by Gasteiger charge is -2.37. The van der Waals surface area contributed by atoms with Crippen LogP contribution in [0.15, 0.2) is 104 Å². The maximum atomic E-state index is 14.2. The van der Waals surface area contributed by atoms with Crippen molar-refractivity contribution in [3.63, 3.8) is 0 Å². The van der Waals surface area contributed by atoms with E-state index in [1.807, 2.05) is 65.4 Å². The number of hydrogen-bond acceptors (Lipinski definition) is 5. The van der Waals surface area contributed by atoms with Crippen LogP contribution in [-0.2, 0) is 30.9 Å². The molecule has 3 amide bonds. The van der Waals surface area contributed by atoms with Crippen LogP contribution >= 0.6 is 7.37 Å². The highest BCUT2D eigenvalue weighted by atomic mass is 31.2. The minimum atomic E-state index is -4.00. The van der Waals surface area contributed by atoms with E-state index in [-0.39, 0.29) is 43.1 Å². The molecule has 2 fully saturated rings. The summed E-state index contributed by atoms with van der Waals surface area (Å²) in [5.74, 6) is -2.73. The average Bonchev–Trinajstić information content (AvgIpc) is 3.88. The molecule has 47 heavy (non-hydrogen) atoms. The predicted molar refractivity (Wildman–Crippen MR) is 179 cm³/mol. The van der Waals surface area contributed by atoms with Crippen LogP contribution in [0.1, 0.15) is 48.1 Å². The number of likely N-dealkylation sites (tertiary alicyclic amines) is 1. The van der Waals surface area contributed by atoms with Gasteiger partial charge in [0.25, 0.3) is 0 Å². The van der Waals surface area contributed by atoms with Crippen molar-refractivity contribution in [2.24, 2.45) is 5.92 Å². The molecule has 2 aliphatic rings. The summed E-state index contributed by atoms with van der Waals surface area (Å²) in [6.45, 7) is 0.386. The third-order valence-corrected chi connectivity index (χ3v) is 11.8. The van der Waals surface area contributed by atoms with Gasteiger partial charge in [-0.25, -0.2) is 4.98 Å². The fourth-order valence-corrected chi connectivity index (χ4v) is 9.22. The summed E-state index contributed by atoms with van der Waals surface area (Å²) in [6.07, 6.45) is 5.01. The molecular weight excluding hydrogens is 613 g/mol. The van der Waals surface area contributed by atoms with Crippen LogP contribution < -0.4 is 10.6 Å². The van der Waals surface area contributed by atoms with E-state index in [0.29, 0.717) is 25.1 Å². The van der Waals surface area contributed by atoms with E-state index < -0.39 is 30.7 Å². The Morgan fingerprint density at radius 3 is 2.06 bits per heavy atom. The molecule has 0 spiro atoms. The second-order valence-corrected chi connectivity index (χ2v) is 14.8. The molecule has 10 nitrogen and oxygen atoms in total. The maximum absolute atomic E-state index is 14.2. The predicted octanol–water partition coefficient (Wildman–Crippen LogP) is 4.13. The fraction of sp³-hybridized carbons (Fsp3) is 0.333. The first-order chi connectivity index (χ1) is 22.7. The van der Waals surface area contributed by atoms with Gasteiger partial charge in [-0.05, 0) is 36.0 Å². The second-order valence-electron chi connectivity index (χ2n) is 12.3. The van der Waals surface area contributed by atoms with Crippen LogP contribution in [0, 0.1) is 5.92 Å². The van der Waals surface area contributed by atoms with Crippen LogP contribution in [0.3, 0.4) is 0 Å². The largest absolute Gasteiger partial charge is 0.357 e. The van der Waals surface area contributed by atoms with E-state index in [0.717, 1.165) is 16.7 Å². The zero-order valence-electron chi connectivity index (χ0n) is 26.4. The molecule has 4 atom stereocenters. The van der Waals surface area contributed by atoms with Crippen LogP contribution in [-0.4, -0.2) is 68.6 Å². The van der Waals surface area contributed by atoms with Crippen LogP contribution in [0.25, 0.3) is 0 Å². The summed E-state index contributed by atoms with van der Waals surface area (Å²) in [5, 5.41) is 5.27. The summed E-state index contributed by atoms with van der Waals surface area (Å²) in [7, 11) is -2.46. The van der Waals surface area contributed by atoms with E-state index in [1.165, 1.54) is 11.9 Å². The van der Waals surface area contributed by atoms with Crippen molar-refractivity contribution in [1.82, 2.24) is 25.1 Å². The van der Waals surface area contributed by atoms with Gasteiger partial charge in [0.2, 0.25) is 25.1 Å². The van der Waals surface area contributed by atoms with Crippen molar-refractivity contribution in [3.8, 4) is 0 Å². The van der Waals surface area contributed by atoms with Gasteiger partial charge < -0.3 is 25.0 Å². The number of carbonyl (C=O) groups excluding carboxylic acids is 3. The second kappa shape index (κ2) is 13.7. The van der Waals surface area contributed by atoms with E-state index in [9.17, 15) is 23.8 Å². The zero-order chi connectivity index (χ0) is 33.0. The summed E-state index contributed by atoms with van der Waals surface area (Å²) >= 11 is 0. The smallest absolute Gasteiger partial charge is 0.242 e. The topological polar surface area (TPSA) is 134 Å². The number of rotatable bonds is 11. The summed E-state index contributed by atoms with van der Waals surface area (Å²) in [5.41, 5.74) is 2.79. The highest BCUT2D eigenvalue weighted by Crippen LogP contribution is 2.51. The number of hydrogen-bond donors (Lipinski definition) is 3. The number of carbonyl (C=O) groups is 3. The quantitative estimate of drug-likeness (QED) is 0.165. The summed E-state index contributed by atoms with van der Waals surface area (Å²) < 4.78 is 15.8. The Bertz CT molecular complexity index is 1670. The number of amides is 3. The van der Waals surface area contributed by atoms with E-state index in [4.69, 9.17) is 4.98 Å². The van der Waals surface area contributed by atoms with Gasteiger partial charge >= 0.3 is 0 Å². The molecule has 244 valence electrons. The Balaban J connectivity index is 1.41. The van der Waals surface area contributed by atoms with E-state index >= 15 is 0 Å². The Kier molecular flexibility index (Phi) is 9.43. The third kappa shape index (κ3) is 6.40. The van der Waals surface area contributed by atoms with Gasteiger partial charge in [0.1, 0.15) is 17.4 Å². The van der Waals surface area contributed by atoms with Gasteiger partial charge in [0.15, 0.2) is 0 Å². The molecule has 3 unspecified atom stereocenters. The molecule has 11 heteroatoms. The zero-order valence-corrected chi connectivity index (χ0v) is 27.3. The molecule has 2 aliphatic heterocycles. The fourth-order valence-electron chi connectivity index (χ4n) is 7.17. The first-order valence-electron chi connectivity index (χ1n) is 16.1. The standard InChI is InChI=1S/C36H40N5O5P/c1-37-34(43)31-18-11-21-41(31)35(44)26(24-47(45,46)33-20-19-32(42)39-33)22-30-23-40(25-38-30)36(27-12-5-2-6-13-27,28-14-7-3-8-15-28)29-16-9-4-10-17-29/h2-10,12-17,23,25-26,31,33H,11,18-22,24H2,1H3,(H,37,43)(H,39,42)(H,45,46)/t26?,31-,33?/m0/s1. The molecule has 0 bridgehead atoms. The number of likely N-dealkylation sites (N-methyl/N-ethyl adjacent to an activating group) is 1. The highest BCUT2D eigenvalue weighted by molar-refractivity contribution is 7.58. The van der Waals surface area contributed by atoms with Crippen LogP contribution in [0.5, 0.6) is 0 Å². The Labute approximate surface area is 274 Å². The number of nitrogens with zero attached hydrogens (tertiary/aromatic N) is 3. The van der Waals surface area contributed by atoms with Crippen LogP contribution in [0.4, 0.5) is 0 Å². The average molecular weight is 654 g/mol. The Morgan fingerprint density at radius 1 is 0.979 bits per heavy atom. The maximum Gasteiger partial charge on any atom is 0.242 e. The molecule has 3 N–H and O–H groups in total. The highest BCUT2D eigenvalue weighted by Gasteiger charge is 2.44. The van der Waals surface area contributed by atoms with Crippen molar-refractivity contribution >= 4 is 25.1 Å². The molecule has 1 aromatic heterocycles. The van der Waals surface area contributed by atoms with Gasteiger partial charge in [0.05, 0.1) is 17.9 Å². The number of nitrogens with one attached hydrogen (secondary N) is 2. The first kappa shape index (κ1) is 32.4. The van der Waals surface area contributed by atoms with Gasteiger partial charge in [-0.3, -0.25) is 18.9 Å². The minimum absolute atomic E-state index is 0.0858. The van der Waals surface area contributed by atoms with Crippen molar-refractivity contribution in [3.05, 3.63) is 126 Å². The number of imidazole rings is 1. The lowest BCUT2D eigenvalue weighted by atomic mass is 9.77. The first-order valence-corrected chi connectivity index (χ1v) is 18.0. The van der Waals surface area contributed by atoms with Crippen molar-refractivity contribution < 1.29 is 23.8 Å². The minimum Gasteiger partial charge on any atom is -0.357 e. The molecule has 0 saturated carbocycles. The van der Waals surface area contributed by atoms with Crippen LogP contribution in [0.2, 0.25) is 0 Å².